The Labute approximate surface area is 188 Å². The molecule has 0 N–H and O–H groups in total. The number of rotatable bonds is 13. The van der Waals surface area contributed by atoms with Gasteiger partial charge in [0.25, 0.3) is 0 Å². The third-order valence-electron chi connectivity index (χ3n) is 4.09. The first-order valence-electron chi connectivity index (χ1n) is 10.0. The Hall–Kier alpha value is -3.04. The molecular weight excluding hydrogens is 436 g/mol. The van der Waals surface area contributed by atoms with Crippen molar-refractivity contribution in [3.63, 3.8) is 0 Å². The summed E-state index contributed by atoms with van der Waals surface area (Å²) in [7, 11) is -2.00. The second-order valence-corrected chi connectivity index (χ2v) is 8.21. The average Bonchev–Trinajstić information content (AvgIpc) is 2.76. The second-order valence-electron chi connectivity index (χ2n) is 6.64. The van der Waals surface area contributed by atoms with Gasteiger partial charge in [-0.2, -0.15) is 8.42 Å². The van der Waals surface area contributed by atoms with Gasteiger partial charge in [-0.1, -0.05) is 18.2 Å². The lowest BCUT2D eigenvalue weighted by Crippen LogP contribution is -2.08. The van der Waals surface area contributed by atoms with Gasteiger partial charge < -0.3 is 23.1 Å². The number of methoxy groups -OCH3 is 1. The van der Waals surface area contributed by atoms with Gasteiger partial charge in [-0.05, 0) is 48.4 Å². The molecular formula is C23H28O8S. The van der Waals surface area contributed by atoms with E-state index in [9.17, 15) is 13.2 Å². The molecule has 0 saturated heterocycles. The molecule has 0 bridgehead atoms. The molecule has 0 aliphatic rings. The molecule has 0 fully saturated rings. The molecule has 9 heteroatoms. The van der Waals surface area contributed by atoms with Crippen molar-refractivity contribution in [3.05, 3.63) is 59.7 Å². The van der Waals surface area contributed by atoms with Crippen molar-refractivity contribution >= 4 is 22.2 Å². The zero-order valence-electron chi connectivity index (χ0n) is 18.4. The van der Waals surface area contributed by atoms with Crippen LogP contribution in [-0.2, 0) is 30.8 Å². The number of ether oxygens (including phenoxy) is 4. The van der Waals surface area contributed by atoms with Crippen molar-refractivity contribution in [2.45, 2.75) is 13.3 Å². The number of carbonyl (C=O) groups is 1. The van der Waals surface area contributed by atoms with E-state index in [2.05, 4.69) is 0 Å². The molecule has 2 aromatic rings. The Morgan fingerprint density at radius 2 is 1.75 bits per heavy atom. The number of hydrogen-bond donors (Lipinski definition) is 0. The number of carbonyl (C=O) groups excluding carboxylic acids is 1. The molecule has 8 nitrogen and oxygen atoms in total. The topological polar surface area (TPSA) is 97.4 Å². The van der Waals surface area contributed by atoms with Crippen molar-refractivity contribution < 1.29 is 36.3 Å². The third-order valence-corrected chi connectivity index (χ3v) is 4.59. The normalized spacial score (nSPS) is 11.3. The lowest BCUT2D eigenvalue weighted by molar-refractivity contribution is -0.139. The van der Waals surface area contributed by atoms with Gasteiger partial charge in [0, 0.05) is 19.1 Å². The number of hydrogen-bond acceptors (Lipinski definition) is 8. The summed E-state index contributed by atoms with van der Waals surface area (Å²) >= 11 is 0. The maximum absolute atomic E-state index is 11.7. The molecule has 0 radical (unpaired) electrons. The summed E-state index contributed by atoms with van der Waals surface area (Å²) in [4.78, 5) is 11.7. The van der Waals surface area contributed by atoms with E-state index in [0.717, 1.165) is 17.4 Å². The van der Waals surface area contributed by atoms with Gasteiger partial charge in [-0.25, -0.2) is 4.79 Å². The molecule has 0 heterocycles. The Kier molecular flexibility index (Phi) is 10.0. The van der Waals surface area contributed by atoms with Crippen LogP contribution in [0.15, 0.2) is 48.5 Å². The average molecular weight is 465 g/mol. The molecule has 0 amide bonds. The van der Waals surface area contributed by atoms with Crippen molar-refractivity contribution in [1.82, 2.24) is 0 Å². The van der Waals surface area contributed by atoms with Gasteiger partial charge in [0.1, 0.15) is 12.4 Å². The van der Waals surface area contributed by atoms with Crippen LogP contribution in [0, 0.1) is 0 Å². The summed E-state index contributed by atoms with van der Waals surface area (Å²) in [6.07, 6.45) is 4.59. The van der Waals surface area contributed by atoms with Crippen LogP contribution in [-0.4, -0.2) is 54.2 Å². The van der Waals surface area contributed by atoms with Crippen LogP contribution >= 0.6 is 0 Å². The largest absolute Gasteiger partial charge is 0.493 e. The van der Waals surface area contributed by atoms with Gasteiger partial charge in [0.15, 0.2) is 11.5 Å². The molecule has 174 valence electrons. The fraction of sp³-hybridized carbons (Fsp3) is 0.348. The standard InChI is InChI=1S/C23H28O8S/c1-4-28-15-16-30-23(24)12-8-19-7-11-21(22(17-19)27-2)29-14-13-18-5-9-20(10-6-18)31-32(3,25)26/h5-12,17H,4,13-16H2,1-3H3/b12-8-. The smallest absolute Gasteiger partial charge is 0.330 e. The van der Waals surface area contributed by atoms with E-state index in [1.165, 1.54) is 13.2 Å². The van der Waals surface area contributed by atoms with Gasteiger partial charge >= 0.3 is 16.1 Å². The molecule has 0 aromatic heterocycles. The minimum atomic E-state index is -3.54. The van der Waals surface area contributed by atoms with Crippen molar-refractivity contribution in [1.29, 1.82) is 0 Å². The fourth-order valence-electron chi connectivity index (χ4n) is 2.63. The highest BCUT2D eigenvalue weighted by Gasteiger charge is 2.07. The highest BCUT2D eigenvalue weighted by Crippen LogP contribution is 2.28. The van der Waals surface area contributed by atoms with Crippen LogP contribution in [0.4, 0.5) is 0 Å². The molecule has 2 rings (SSSR count). The van der Waals surface area contributed by atoms with Gasteiger partial charge in [0.05, 0.1) is 26.6 Å². The quantitative estimate of drug-likeness (QED) is 0.193. The lowest BCUT2D eigenvalue weighted by atomic mass is 10.1. The first-order valence-corrected chi connectivity index (χ1v) is 11.8. The summed E-state index contributed by atoms with van der Waals surface area (Å²) in [6.45, 7) is 3.42. The monoisotopic (exact) mass is 464 g/mol. The molecule has 0 unspecified atom stereocenters. The summed E-state index contributed by atoms with van der Waals surface area (Å²) < 4.78 is 48.5. The van der Waals surface area contributed by atoms with E-state index in [1.54, 1.807) is 48.5 Å². The van der Waals surface area contributed by atoms with E-state index in [-0.39, 0.29) is 12.4 Å². The minimum Gasteiger partial charge on any atom is -0.493 e. The van der Waals surface area contributed by atoms with Crippen molar-refractivity contribution in [2.24, 2.45) is 0 Å². The third kappa shape index (κ3) is 9.40. The van der Waals surface area contributed by atoms with Gasteiger partial charge in [-0.3, -0.25) is 0 Å². The molecule has 32 heavy (non-hydrogen) atoms. The number of benzene rings is 2. The van der Waals surface area contributed by atoms with E-state index in [1.807, 2.05) is 6.92 Å². The first-order chi connectivity index (χ1) is 15.3. The predicted molar refractivity (Wildman–Crippen MR) is 121 cm³/mol. The molecule has 0 saturated carbocycles. The summed E-state index contributed by atoms with van der Waals surface area (Å²) in [5.41, 5.74) is 1.73. The van der Waals surface area contributed by atoms with E-state index >= 15 is 0 Å². The summed E-state index contributed by atoms with van der Waals surface area (Å²) in [5, 5.41) is 0. The van der Waals surface area contributed by atoms with E-state index in [4.69, 9.17) is 23.1 Å². The molecule has 2 aromatic carbocycles. The van der Waals surface area contributed by atoms with Gasteiger partial charge in [-0.15, -0.1) is 0 Å². The molecule has 0 aliphatic heterocycles. The van der Waals surface area contributed by atoms with Crippen LogP contribution in [0.1, 0.15) is 18.1 Å². The van der Waals surface area contributed by atoms with Crippen molar-refractivity contribution in [3.8, 4) is 17.2 Å². The van der Waals surface area contributed by atoms with Crippen LogP contribution in [0.3, 0.4) is 0 Å². The molecule has 0 spiro atoms. The Morgan fingerprint density at radius 1 is 1.00 bits per heavy atom. The van der Waals surface area contributed by atoms with Crippen molar-refractivity contribution in [2.75, 3.05) is 39.8 Å². The van der Waals surface area contributed by atoms with E-state index in [0.29, 0.717) is 37.7 Å². The molecule has 0 aliphatic carbocycles. The highest BCUT2D eigenvalue weighted by atomic mass is 32.2. The first kappa shape index (κ1) is 25.2. The lowest BCUT2D eigenvalue weighted by Gasteiger charge is -2.11. The predicted octanol–water partition coefficient (Wildman–Crippen LogP) is 3.25. The minimum absolute atomic E-state index is 0.209. The molecule has 0 atom stereocenters. The zero-order valence-corrected chi connectivity index (χ0v) is 19.2. The zero-order chi connectivity index (χ0) is 23.4. The van der Waals surface area contributed by atoms with Crippen LogP contribution in [0.25, 0.3) is 6.08 Å². The fourth-order valence-corrected chi connectivity index (χ4v) is 3.09. The van der Waals surface area contributed by atoms with Crippen LogP contribution in [0.2, 0.25) is 0 Å². The number of esters is 1. The van der Waals surface area contributed by atoms with Crippen LogP contribution < -0.4 is 13.7 Å². The Bertz CT molecular complexity index is 997. The second kappa shape index (κ2) is 12.7. The Balaban J connectivity index is 1.87. The maximum atomic E-state index is 11.7. The SMILES string of the molecule is CCOCCOC(=O)/C=C\c1ccc(OCCc2ccc(OS(C)(=O)=O)cc2)c(OC)c1. The highest BCUT2D eigenvalue weighted by molar-refractivity contribution is 7.86. The van der Waals surface area contributed by atoms with Crippen LogP contribution in [0.5, 0.6) is 17.2 Å². The Morgan fingerprint density at radius 3 is 2.41 bits per heavy atom. The summed E-state index contributed by atoms with van der Waals surface area (Å²) in [5.74, 6) is 0.923. The summed E-state index contributed by atoms with van der Waals surface area (Å²) in [6, 6.07) is 12.1. The van der Waals surface area contributed by atoms with Gasteiger partial charge in [0.2, 0.25) is 0 Å². The maximum Gasteiger partial charge on any atom is 0.330 e. The van der Waals surface area contributed by atoms with E-state index < -0.39 is 16.1 Å².